The second-order valence-electron chi connectivity index (χ2n) is 5.30. The van der Waals surface area contributed by atoms with Crippen LogP contribution < -0.4 is 4.90 Å². The van der Waals surface area contributed by atoms with E-state index in [0.29, 0.717) is 10.5 Å². The van der Waals surface area contributed by atoms with E-state index in [1.54, 1.807) is 0 Å². The van der Waals surface area contributed by atoms with Crippen LogP contribution in [0.25, 0.3) is 0 Å². The molecule has 1 aromatic carbocycles. The Morgan fingerprint density at radius 2 is 1.46 bits per heavy atom. The summed E-state index contributed by atoms with van der Waals surface area (Å²) in [5.74, 6) is -2.76. The molecule has 0 aliphatic rings. The zero-order valence-corrected chi connectivity index (χ0v) is 14.2. The number of carbonyl (C=O) groups is 4. The van der Waals surface area contributed by atoms with Gasteiger partial charge in [0.05, 0.1) is 23.4 Å². The van der Waals surface area contributed by atoms with Crippen molar-refractivity contribution in [3.05, 3.63) is 23.8 Å². The number of rotatable bonds is 6. The first-order valence-electron chi connectivity index (χ1n) is 6.86. The molecule has 1 rings (SSSR count). The van der Waals surface area contributed by atoms with Gasteiger partial charge < -0.3 is 0 Å². The molecule has 0 fully saturated rings. The Morgan fingerprint density at radius 1 is 1.00 bits per heavy atom. The van der Waals surface area contributed by atoms with E-state index in [9.17, 15) is 27.6 Å². The first-order valence-corrected chi connectivity index (χ1v) is 8.30. The highest BCUT2D eigenvalue weighted by molar-refractivity contribution is 7.85. The largest absolute Gasteiger partial charge is 0.299 e. The molecule has 0 aliphatic carbocycles. The highest BCUT2D eigenvalue weighted by atomic mass is 32.2. The highest BCUT2D eigenvalue weighted by Gasteiger charge is 2.27. The Hall–Kier alpha value is -2.39. The van der Waals surface area contributed by atoms with Gasteiger partial charge in [-0.1, -0.05) is 6.07 Å². The molecule has 1 aromatic rings. The minimum Gasteiger partial charge on any atom is -0.299 e. The molecule has 24 heavy (non-hydrogen) atoms. The summed E-state index contributed by atoms with van der Waals surface area (Å²) in [6.45, 7) is 3.83. The summed E-state index contributed by atoms with van der Waals surface area (Å²) in [6, 6.07) is 3.35. The first kappa shape index (κ1) is 19.7. The lowest BCUT2D eigenvalue weighted by Crippen LogP contribution is -2.39. The molecule has 0 atom stereocenters. The lowest BCUT2D eigenvalue weighted by atomic mass is 10.1. The van der Waals surface area contributed by atoms with Crippen LogP contribution in [0.3, 0.4) is 0 Å². The standard InChI is InChI=1S/C15H17NO7S/c1-9-4-5-12(24(21,22)23)8-13(9)16(14(19)6-10(2)17)15(20)7-11(3)18/h4-5,8H,6-7H2,1-3H3,(H,21,22,23). The Morgan fingerprint density at radius 3 is 1.83 bits per heavy atom. The molecule has 0 bridgehead atoms. The van der Waals surface area contributed by atoms with Crippen molar-refractivity contribution in [3.63, 3.8) is 0 Å². The zero-order chi connectivity index (χ0) is 18.7. The molecule has 0 aromatic heterocycles. The molecule has 0 unspecified atom stereocenters. The summed E-state index contributed by atoms with van der Waals surface area (Å²) in [7, 11) is -4.56. The van der Waals surface area contributed by atoms with Gasteiger partial charge in [-0.25, -0.2) is 4.90 Å². The molecule has 0 spiro atoms. The monoisotopic (exact) mass is 355 g/mol. The molecule has 2 amide bonds. The second kappa shape index (κ2) is 7.45. The van der Waals surface area contributed by atoms with Gasteiger partial charge in [0, 0.05) is 0 Å². The van der Waals surface area contributed by atoms with Crippen molar-refractivity contribution < 1.29 is 32.1 Å². The van der Waals surface area contributed by atoms with Crippen LogP contribution in [-0.2, 0) is 29.3 Å². The lowest BCUT2D eigenvalue weighted by Gasteiger charge is -2.22. The van der Waals surface area contributed by atoms with Gasteiger partial charge in [0.25, 0.3) is 10.1 Å². The molecule has 0 aliphatic heterocycles. The minimum atomic E-state index is -4.56. The maximum Gasteiger partial charge on any atom is 0.294 e. The first-order chi connectivity index (χ1) is 10.9. The fraction of sp³-hybridized carbons (Fsp3) is 0.333. The molecule has 0 saturated carbocycles. The van der Waals surface area contributed by atoms with E-state index in [-0.39, 0.29) is 5.69 Å². The Labute approximate surface area is 139 Å². The van der Waals surface area contributed by atoms with Gasteiger partial charge >= 0.3 is 0 Å². The molecule has 130 valence electrons. The highest BCUT2D eigenvalue weighted by Crippen LogP contribution is 2.25. The van der Waals surface area contributed by atoms with Gasteiger partial charge in [0.15, 0.2) is 0 Å². The quantitative estimate of drug-likeness (QED) is 0.597. The Kier molecular flexibility index (Phi) is 6.10. The van der Waals surface area contributed by atoms with Crippen molar-refractivity contribution >= 4 is 39.2 Å². The number of imide groups is 1. The van der Waals surface area contributed by atoms with Gasteiger partial charge in [-0.2, -0.15) is 8.42 Å². The molecule has 1 N–H and O–H groups in total. The number of ketones is 2. The summed E-state index contributed by atoms with van der Waals surface area (Å²) in [5, 5.41) is 0. The smallest absolute Gasteiger partial charge is 0.294 e. The third-order valence-corrected chi connectivity index (χ3v) is 3.87. The topological polar surface area (TPSA) is 126 Å². The van der Waals surface area contributed by atoms with Crippen molar-refractivity contribution in [2.45, 2.75) is 38.5 Å². The van der Waals surface area contributed by atoms with Gasteiger partial charge in [-0.3, -0.25) is 23.7 Å². The summed E-state index contributed by atoms with van der Waals surface area (Å²) in [6.07, 6.45) is -1.17. The molecule has 0 heterocycles. The second-order valence-corrected chi connectivity index (χ2v) is 6.73. The number of aryl methyl sites for hydroxylation is 1. The Bertz CT molecular complexity index is 783. The van der Waals surface area contributed by atoms with Crippen LogP contribution in [0.1, 0.15) is 32.3 Å². The molecular weight excluding hydrogens is 338 g/mol. The van der Waals surface area contributed by atoms with E-state index in [1.807, 2.05) is 0 Å². The number of amides is 2. The predicted octanol–water partition coefficient (Wildman–Crippen LogP) is 1.06. The van der Waals surface area contributed by atoms with Crippen LogP contribution in [0.15, 0.2) is 23.1 Å². The van der Waals surface area contributed by atoms with Gasteiger partial charge in [-0.15, -0.1) is 0 Å². The minimum absolute atomic E-state index is 0.109. The third-order valence-electron chi connectivity index (χ3n) is 3.02. The van der Waals surface area contributed by atoms with Crippen molar-refractivity contribution in [1.82, 2.24) is 0 Å². The maximum absolute atomic E-state index is 12.3. The van der Waals surface area contributed by atoms with Crippen LogP contribution in [0.5, 0.6) is 0 Å². The summed E-state index contributed by atoms with van der Waals surface area (Å²) >= 11 is 0. The predicted molar refractivity (Wildman–Crippen MR) is 84.1 cm³/mol. The van der Waals surface area contributed by atoms with Gasteiger partial charge in [0.1, 0.15) is 11.6 Å². The maximum atomic E-state index is 12.3. The number of hydrogen-bond donors (Lipinski definition) is 1. The van der Waals surface area contributed by atoms with Crippen LogP contribution >= 0.6 is 0 Å². The van der Waals surface area contributed by atoms with E-state index < -0.39 is 51.2 Å². The number of benzene rings is 1. The zero-order valence-electron chi connectivity index (χ0n) is 13.4. The average molecular weight is 355 g/mol. The number of nitrogens with zero attached hydrogens (tertiary/aromatic N) is 1. The van der Waals surface area contributed by atoms with Crippen LogP contribution in [-0.4, -0.2) is 36.4 Å². The molecule has 0 radical (unpaired) electrons. The average Bonchev–Trinajstić information content (AvgIpc) is 2.37. The third kappa shape index (κ3) is 5.07. The van der Waals surface area contributed by atoms with Crippen molar-refractivity contribution in [3.8, 4) is 0 Å². The van der Waals surface area contributed by atoms with E-state index in [0.717, 1.165) is 26.0 Å². The normalized spacial score (nSPS) is 11.0. The van der Waals surface area contributed by atoms with Gasteiger partial charge in [-0.05, 0) is 38.5 Å². The molecule has 0 saturated heterocycles. The van der Waals surface area contributed by atoms with Crippen molar-refractivity contribution in [2.75, 3.05) is 4.90 Å². The van der Waals surface area contributed by atoms with Crippen LogP contribution in [0.2, 0.25) is 0 Å². The van der Waals surface area contributed by atoms with E-state index in [4.69, 9.17) is 4.55 Å². The molecular formula is C15H17NO7S. The van der Waals surface area contributed by atoms with E-state index in [1.165, 1.54) is 13.0 Å². The fourth-order valence-electron chi connectivity index (χ4n) is 1.98. The van der Waals surface area contributed by atoms with Crippen LogP contribution in [0.4, 0.5) is 5.69 Å². The summed E-state index contributed by atoms with van der Waals surface area (Å²) in [4.78, 5) is 47.0. The SMILES string of the molecule is CC(=O)CC(=O)N(C(=O)CC(C)=O)c1cc(S(=O)(=O)O)ccc1C. The number of carbonyl (C=O) groups excluding carboxylic acids is 4. The van der Waals surface area contributed by atoms with Crippen LogP contribution in [0, 0.1) is 6.92 Å². The van der Waals surface area contributed by atoms with Crippen molar-refractivity contribution in [1.29, 1.82) is 0 Å². The molecule has 9 heteroatoms. The fourth-order valence-corrected chi connectivity index (χ4v) is 2.48. The lowest BCUT2D eigenvalue weighted by molar-refractivity contribution is -0.130. The summed E-state index contributed by atoms with van der Waals surface area (Å²) < 4.78 is 31.7. The van der Waals surface area contributed by atoms with E-state index >= 15 is 0 Å². The number of Topliss-reactive ketones (excluding diaryl/α,β-unsaturated/α-hetero) is 2. The number of hydrogen-bond acceptors (Lipinski definition) is 6. The van der Waals surface area contributed by atoms with Crippen molar-refractivity contribution in [2.24, 2.45) is 0 Å². The number of anilines is 1. The van der Waals surface area contributed by atoms with Gasteiger partial charge in [0.2, 0.25) is 11.8 Å². The van der Waals surface area contributed by atoms with E-state index in [2.05, 4.69) is 0 Å². The molecule has 8 nitrogen and oxygen atoms in total. The Balaban J connectivity index is 3.48. The summed E-state index contributed by atoms with van der Waals surface area (Å²) in [5.41, 5.74) is 0.249.